The lowest BCUT2D eigenvalue weighted by molar-refractivity contribution is -0.144. The van der Waals surface area contributed by atoms with Crippen LogP contribution in [0.3, 0.4) is 0 Å². The maximum absolute atomic E-state index is 14.5. The van der Waals surface area contributed by atoms with E-state index < -0.39 is 156 Å². The number of benzene rings is 11. The van der Waals surface area contributed by atoms with Crippen molar-refractivity contribution in [1.29, 1.82) is 10.5 Å². The molecule has 108 heavy (non-hydrogen) atoms. The van der Waals surface area contributed by atoms with Gasteiger partial charge in [0.05, 0.1) is 107 Å². The van der Waals surface area contributed by atoms with Gasteiger partial charge >= 0.3 is 55.6 Å². The van der Waals surface area contributed by atoms with Gasteiger partial charge in [-0.2, -0.15) is 129 Å². The number of fused-ring (bicyclic) bond motifs is 6. The molecular formula is C77H33F27N4. The van der Waals surface area contributed by atoms with E-state index in [4.69, 9.17) is 0 Å². The molecule has 0 saturated heterocycles. The molecule has 550 valence electrons. The topological polar surface area (TPSA) is 57.4 Å². The molecule has 0 spiro atoms. The fourth-order valence-corrected chi connectivity index (χ4v) is 13.0. The van der Waals surface area contributed by atoms with E-state index in [0.717, 1.165) is 78.9 Å². The zero-order valence-electron chi connectivity index (χ0n) is 53.0. The van der Waals surface area contributed by atoms with E-state index in [1.54, 1.807) is 6.07 Å². The molecule has 2 heterocycles. The predicted molar refractivity (Wildman–Crippen MR) is 342 cm³/mol. The van der Waals surface area contributed by atoms with E-state index in [9.17, 15) is 129 Å². The molecule has 11 aromatic carbocycles. The molecule has 0 saturated carbocycles. The molecule has 13 aromatic rings. The Morgan fingerprint density at radius 3 is 0.759 bits per heavy atom. The number of rotatable bonds is 8. The van der Waals surface area contributed by atoms with Gasteiger partial charge in [-0.1, -0.05) is 42.5 Å². The Kier molecular flexibility index (Phi) is 17.5. The van der Waals surface area contributed by atoms with Crippen molar-refractivity contribution in [1.82, 2.24) is 9.13 Å². The highest BCUT2D eigenvalue weighted by molar-refractivity contribution is 6.14. The van der Waals surface area contributed by atoms with Gasteiger partial charge in [-0.3, -0.25) is 0 Å². The fraction of sp³-hybridized carbons (Fsp3) is 0.117. The highest BCUT2D eigenvalue weighted by Gasteiger charge is 2.42. The van der Waals surface area contributed by atoms with Crippen LogP contribution in [0.1, 0.15) is 61.2 Å². The summed E-state index contributed by atoms with van der Waals surface area (Å²) in [7, 11) is 0. The molecule has 0 aliphatic rings. The molecule has 31 heteroatoms. The highest BCUT2D eigenvalue weighted by Crippen LogP contribution is 2.50. The second kappa shape index (κ2) is 25.4. The maximum atomic E-state index is 14.5. The molecule has 0 amide bonds. The van der Waals surface area contributed by atoms with Crippen molar-refractivity contribution in [2.75, 3.05) is 0 Å². The Labute approximate surface area is 587 Å². The molecule has 0 aliphatic carbocycles. The number of hydrogen-bond acceptors (Lipinski definition) is 2. The van der Waals surface area contributed by atoms with Crippen LogP contribution in [-0.4, -0.2) is 9.13 Å². The second-order valence-electron chi connectivity index (χ2n) is 24.7. The van der Waals surface area contributed by atoms with Crippen LogP contribution in [0.5, 0.6) is 0 Å². The Hall–Kier alpha value is -11.9. The van der Waals surface area contributed by atoms with Gasteiger partial charge in [-0.25, -0.2) is 0 Å². The van der Waals surface area contributed by atoms with Crippen LogP contribution < -0.4 is 0 Å². The summed E-state index contributed by atoms with van der Waals surface area (Å²) < 4.78 is 393. The molecule has 4 nitrogen and oxygen atoms in total. The molecule has 0 atom stereocenters. The Balaban J connectivity index is 1.15. The molecule has 13 rings (SSSR count). The van der Waals surface area contributed by atoms with Crippen LogP contribution in [0, 0.1) is 22.7 Å². The Morgan fingerprint density at radius 2 is 0.481 bits per heavy atom. The third kappa shape index (κ3) is 14.0. The largest absolute Gasteiger partial charge is 0.416 e. The first-order valence-corrected chi connectivity index (χ1v) is 30.7. The van der Waals surface area contributed by atoms with E-state index >= 15 is 0 Å². The van der Waals surface area contributed by atoms with Gasteiger partial charge in [-0.15, -0.1) is 0 Å². The van der Waals surface area contributed by atoms with Crippen LogP contribution in [0.4, 0.5) is 119 Å². The molecule has 0 aliphatic heterocycles. The lowest BCUT2D eigenvalue weighted by Gasteiger charge is -2.21. The lowest BCUT2D eigenvalue weighted by atomic mass is 9.93. The smallest absolute Gasteiger partial charge is 0.309 e. The molecule has 0 fully saturated rings. The molecule has 0 unspecified atom stereocenters. The van der Waals surface area contributed by atoms with Gasteiger partial charge < -0.3 is 9.13 Å². The first-order valence-electron chi connectivity index (χ1n) is 30.7. The summed E-state index contributed by atoms with van der Waals surface area (Å²) in [5, 5.41) is 20.2. The van der Waals surface area contributed by atoms with Gasteiger partial charge in [0.15, 0.2) is 0 Å². The third-order valence-corrected chi connectivity index (χ3v) is 17.9. The third-order valence-electron chi connectivity index (χ3n) is 17.9. The van der Waals surface area contributed by atoms with Crippen molar-refractivity contribution in [3.8, 4) is 90.3 Å². The van der Waals surface area contributed by atoms with Crippen LogP contribution in [-0.2, 0) is 55.6 Å². The van der Waals surface area contributed by atoms with E-state index in [1.165, 1.54) is 45.5 Å². The van der Waals surface area contributed by atoms with Crippen molar-refractivity contribution in [3.63, 3.8) is 0 Å². The van der Waals surface area contributed by atoms with Gasteiger partial charge in [0.1, 0.15) is 0 Å². The molecule has 0 radical (unpaired) electrons. The monoisotopic (exact) mass is 1530 g/mol. The summed E-state index contributed by atoms with van der Waals surface area (Å²) in [6.07, 6.45) is -48.5. The summed E-state index contributed by atoms with van der Waals surface area (Å²) in [4.78, 5) is 0. The number of nitrogens with zero attached hydrogens (tertiary/aromatic N) is 4. The van der Waals surface area contributed by atoms with E-state index in [0.29, 0.717) is 60.7 Å². The number of halogens is 27. The number of hydrogen-bond donors (Lipinski definition) is 0. The lowest BCUT2D eigenvalue weighted by Crippen LogP contribution is -2.11. The number of alkyl halides is 27. The molecule has 0 N–H and O–H groups in total. The average Bonchev–Trinajstić information content (AvgIpc) is 1.56. The molecule has 2 aromatic heterocycles. The first kappa shape index (κ1) is 74.4. The van der Waals surface area contributed by atoms with Crippen LogP contribution in [0.2, 0.25) is 0 Å². The summed E-state index contributed by atoms with van der Waals surface area (Å²) in [6, 6.07) is 27.7. The minimum Gasteiger partial charge on any atom is -0.309 e. The highest BCUT2D eigenvalue weighted by atomic mass is 19.4. The Morgan fingerprint density at radius 1 is 0.204 bits per heavy atom. The molecular weight excluding hydrogens is 1490 g/mol. The minimum absolute atomic E-state index is 0.120. The second-order valence-corrected chi connectivity index (χ2v) is 24.7. The summed E-state index contributed by atoms with van der Waals surface area (Å²) in [6.45, 7) is 0. The quantitative estimate of drug-likeness (QED) is 0.142. The van der Waals surface area contributed by atoms with Crippen molar-refractivity contribution in [3.05, 3.63) is 261 Å². The SMILES string of the molecule is N#Cc1ccc(-n2c3ccc(-c4cc(C(F)(F)F)cc(C(F)(F)F)c4)cc3c3cc(-c4cc(C(F)(F)F)cc(C(F)(F)F)c4)ccc32)c(-c2ccc(-c3ccc(C(F)(F)F)cc3C#N)cc2-n2c3ccc(-c4cc(C(F)(F)F)cc(C(F)(F)F)c4)cc3c3cc(-c4cc(C(F)(F)F)cc(C(F)(F)F)c4)ccc32)c1. The van der Waals surface area contributed by atoms with E-state index in [-0.39, 0.29) is 107 Å². The summed E-state index contributed by atoms with van der Waals surface area (Å²) >= 11 is 0. The fourth-order valence-electron chi connectivity index (χ4n) is 13.0. The first-order chi connectivity index (χ1) is 50.1. The van der Waals surface area contributed by atoms with Crippen LogP contribution in [0.15, 0.2) is 200 Å². The predicted octanol–water partition coefficient (Wildman–Crippen LogP) is 26.8. The summed E-state index contributed by atoms with van der Waals surface area (Å²) in [5.41, 5.74) is -23.1. The normalized spacial score (nSPS) is 13.1. The maximum Gasteiger partial charge on any atom is 0.416 e. The zero-order valence-corrected chi connectivity index (χ0v) is 53.0. The van der Waals surface area contributed by atoms with Gasteiger partial charge in [0, 0.05) is 32.7 Å². The van der Waals surface area contributed by atoms with Crippen molar-refractivity contribution in [2.24, 2.45) is 0 Å². The van der Waals surface area contributed by atoms with Gasteiger partial charge in [-0.05, 0) is 213 Å². The van der Waals surface area contributed by atoms with E-state index in [2.05, 4.69) is 0 Å². The van der Waals surface area contributed by atoms with Crippen molar-refractivity contribution < 1.29 is 119 Å². The average molecular weight is 1530 g/mol. The number of nitriles is 2. The van der Waals surface area contributed by atoms with Gasteiger partial charge in [0.2, 0.25) is 0 Å². The minimum atomic E-state index is -5.44. The molecule has 0 bridgehead atoms. The number of aromatic nitrogens is 2. The van der Waals surface area contributed by atoms with Gasteiger partial charge in [0.25, 0.3) is 0 Å². The van der Waals surface area contributed by atoms with Crippen molar-refractivity contribution >= 4 is 43.6 Å². The standard InChI is InChI=1S/C77H33F27N4/c78-69(79,80)47-7-9-56(46(24-47)35-106)41-2-8-57(68(29-41)108-66-13-5-39(44-20-52(74(93,94)95)32-53(21-44)75(96,97)98)27-61(66)62-28-40(6-14-67(62)108)45-22-54(76(99,100)101)33-55(23-45)77(102,103)104)58-15-36(34-105)1-10-63(58)107-64-11-3-37(42-16-48(70(81,82)83)30-49(17-42)71(84,85)86)25-59(64)60-26-38(4-12-65(60)107)43-18-50(72(87,88)89)31-51(19-43)73(90,91)92/h1-33H. The van der Waals surface area contributed by atoms with Crippen LogP contribution in [0.25, 0.3) is 122 Å². The van der Waals surface area contributed by atoms with Crippen molar-refractivity contribution in [2.45, 2.75) is 55.6 Å². The van der Waals surface area contributed by atoms with E-state index in [1.807, 2.05) is 6.07 Å². The zero-order chi connectivity index (χ0) is 78.5. The Bertz CT molecular complexity index is 5550. The summed E-state index contributed by atoms with van der Waals surface area (Å²) in [5.74, 6) is 0. The van der Waals surface area contributed by atoms with Crippen LogP contribution >= 0.6 is 0 Å².